The van der Waals surface area contributed by atoms with E-state index < -0.39 is 0 Å². The zero-order chi connectivity index (χ0) is 13.5. The number of rotatable bonds is 2. The number of nitrogens with one attached hydrogen (secondary N) is 1. The van der Waals surface area contributed by atoms with Gasteiger partial charge in [0.15, 0.2) is 0 Å². The molecule has 0 amide bonds. The molecule has 20 heavy (non-hydrogen) atoms. The highest BCUT2D eigenvalue weighted by molar-refractivity contribution is 5.84. The molecule has 3 rings (SSSR count). The summed E-state index contributed by atoms with van der Waals surface area (Å²) in [5.74, 6) is 0. The number of aryl methyl sites for hydroxylation is 1. The topological polar surface area (TPSA) is 15.8 Å². The van der Waals surface area contributed by atoms with Crippen molar-refractivity contribution < 1.29 is 28.5 Å². The van der Waals surface area contributed by atoms with Crippen LogP contribution < -0.4 is 24.0 Å². The van der Waals surface area contributed by atoms with E-state index in [1.807, 2.05) is 0 Å². The van der Waals surface area contributed by atoms with E-state index >= 15 is 0 Å². The minimum atomic E-state index is 0. The number of halogens is 1. The molecule has 2 heterocycles. The summed E-state index contributed by atoms with van der Waals surface area (Å²) < 4.78 is 1.12. The third-order valence-corrected chi connectivity index (χ3v) is 4.84. The fraction of sp³-hybridized carbons (Fsp3) is 0.529. The van der Waals surface area contributed by atoms with E-state index in [0.29, 0.717) is 6.04 Å². The number of H-pyrrole nitrogens is 1. The summed E-state index contributed by atoms with van der Waals surface area (Å²) in [7, 11) is 4.77. The number of para-hydroxylation sites is 1. The number of fused-ring (bicyclic) bond motifs is 1. The van der Waals surface area contributed by atoms with E-state index in [0.717, 1.165) is 10.9 Å². The van der Waals surface area contributed by atoms with Gasteiger partial charge in [0.25, 0.3) is 0 Å². The van der Waals surface area contributed by atoms with Gasteiger partial charge in [-0.05, 0) is 30.9 Å². The summed E-state index contributed by atoms with van der Waals surface area (Å²) in [5, 5.41) is 1.42. The van der Waals surface area contributed by atoms with Crippen molar-refractivity contribution in [1.29, 1.82) is 0 Å². The number of hydrogen-bond donors (Lipinski definition) is 1. The normalized spacial score (nSPS) is 21.6. The molecule has 110 valence electrons. The van der Waals surface area contributed by atoms with Crippen LogP contribution in [0.15, 0.2) is 24.3 Å². The number of likely N-dealkylation sites (tertiary alicyclic amines) is 1. The van der Waals surface area contributed by atoms with E-state index in [4.69, 9.17) is 0 Å². The molecule has 1 aliphatic rings. The quantitative estimate of drug-likeness (QED) is 0.588. The summed E-state index contributed by atoms with van der Waals surface area (Å²) in [6.45, 7) is 3.57. The smallest absolute Gasteiger partial charge is 0.129 e. The molecule has 1 unspecified atom stereocenters. The number of nitrogens with zero attached hydrogens (tertiary/aromatic N) is 1. The summed E-state index contributed by atoms with van der Waals surface area (Å²) in [6, 6.07) is 9.39. The lowest BCUT2D eigenvalue weighted by Crippen LogP contribution is -3.00. The number of hydrogen-bond acceptors (Lipinski definition) is 0. The Kier molecular flexibility index (Phi) is 4.80. The molecular formula is C17H25IN2. The molecule has 1 aliphatic heterocycles. The van der Waals surface area contributed by atoms with E-state index in [1.54, 1.807) is 0 Å². The molecule has 1 N–H and O–H groups in total. The summed E-state index contributed by atoms with van der Waals surface area (Å²) in [6.07, 6.45) is 5.17. The van der Waals surface area contributed by atoms with Gasteiger partial charge in [0.05, 0.1) is 26.3 Å². The zero-order valence-corrected chi connectivity index (χ0v) is 14.9. The average Bonchev–Trinajstić information content (AvgIpc) is 2.76. The van der Waals surface area contributed by atoms with E-state index in [2.05, 4.69) is 50.3 Å². The monoisotopic (exact) mass is 384 g/mol. The Morgan fingerprint density at radius 1 is 1.20 bits per heavy atom. The second kappa shape index (κ2) is 6.06. The fourth-order valence-corrected chi connectivity index (χ4v) is 3.74. The number of aromatic nitrogens is 1. The molecule has 1 fully saturated rings. The predicted octanol–water partition coefficient (Wildman–Crippen LogP) is 1.04. The van der Waals surface area contributed by atoms with Crippen LogP contribution >= 0.6 is 0 Å². The maximum absolute atomic E-state index is 3.72. The lowest BCUT2D eigenvalue weighted by molar-refractivity contribution is -0.926. The van der Waals surface area contributed by atoms with Crippen LogP contribution in [-0.4, -0.2) is 30.1 Å². The molecule has 2 aromatic rings. The molecule has 0 bridgehead atoms. The molecule has 0 saturated carbocycles. The first kappa shape index (κ1) is 15.8. The van der Waals surface area contributed by atoms with Gasteiger partial charge in [0.1, 0.15) is 6.04 Å². The highest BCUT2D eigenvalue weighted by Gasteiger charge is 2.35. The van der Waals surface area contributed by atoms with Crippen LogP contribution in [0.5, 0.6) is 0 Å². The highest BCUT2D eigenvalue weighted by Crippen LogP contribution is 2.38. The Balaban J connectivity index is 0.00000147. The predicted molar refractivity (Wildman–Crippen MR) is 81.2 cm³/mol. The maximum Gasteiger partial charge on any atom is 0.129 e. The number of piperidine rings is 1. The van der Waals surface area contributed by atoms with Crippen molar-refractivity contribution in [3.8, 4) is 0 Å². The first-order chi connectivity index (χ1) is 9.13. The molecule has 3 heteroatoms. The van der Waals surface area contributed by atoms with Gasteiger partial charge in [-0.15, -0.1) is 0 Å². The van der Waals surface area contributed by atoms with E-state index in [9.17, 15) is 0 Å². The van der Waals surface area contributed by atoms with Crippen LogP contribution in [0.4, 0.5) is 0 Å². The minimum absolute atomic E-state index is 0. The molecule has 0 radical (unpaired) electrons. The van der Waals surface area contributed by atoms with Crippen LogP contribution in [0.3, 0.4) is 0 Å². The highest BCUT2D eigenvalue weighted by atomic mass is 127. The van der Waals surface area contributed by atoms with Crippen molar-refractivity contribution in [3.63, 3.8) is 0 Å². The number of quaternary nitrogens is 1. The molecule has 1 aromatic heterocycles. The van der Waals surface area contributed by atoms with Gasteiger partial charge in [-0.2, -0.15) is 0 Å². The van der Waals surface area contributed by atoms with E-state index in [-0.39, 0.29) is 24.0 Å². The van der Waals surface area contributed by atoms with E-state index in [1.165, 1.54) is 48.0 Å². The summed E-state index contributed by atoms with van der Waals surface area (Å²) in [4.78, 5) is 3.72. The Labute approximate surface area is 139 Å². The minimum Gasteiger partial charge on any atom is -1.00 e. The zero-order valence-electron chi connectivity index (χ0n) is 12.7. The lowest BCUT2D eigenvalue weighted by atomic mass is 9.94. The van der Waals surface area contributed by atoms with Crippen molar-refractivity contribution in [1.82, 2.24) is 4.98 Å². The van der Waals surface area contributed by atoms with Crippen molar-refractivity contribution in [2.75, 3.05) is 20.6 Å². The fourth-order valence-electron chi connectivity index (χ4n) is 3.74. The first-order valence-corrected chi connectivity index (χ1v) is 7.55. The van der Waals surface area contributed by atoms with Crippen LogP contribution in [0.25, 0.3) is 10.9 Å². The van der Waals surface area contributed by atoms with Gasteiger partial charge in [-0.1, -0.05) is 25.1 Å². The summed E-state index contributed by atoms with van der Waals surface area (Å²) >= 11 is 0. The number of aromatic amines is 1. The third-order valence-electron chi connectivity index (χ3n) is 4.84. The molecular weight excluding hydrogens is 359 g/mol. The molecule has 2 nitrogen and oxygen atoms in total. The molecule has 0 aliphatic carbocycles. The van der Waals surface area contributed by atoms with Crippen molar-refractivity contribution >= 4 is 10.9 Å². The van der Waals surface area contributed by atoms with Crippen LogP contribution in [0.2, 0.25) is 0 Å². The van der Waals surface area contributed by atoms with Gasteiger partial charge in [0.2, 0.25) is 0 Å². The Morgan fingerprint density at radius 3 is 2.65 bits per heavy atom. The van der Waals surface area contributed by atoms with Crippen LogP contribution in [0.1, 0.15) is 43.5 Å². The maximum atomic E-state index is 3.72. The second-order valence-corrected chi connectivity index (χ2v) is 6.43. The Bertz CT molecular complexity index is 586. The summed E-state index contributed by atoms with van der Waals surface area (Å²) in [5.41, 5.74) is 4.34. The largest absolute Gasteiger partial charge is 1.00 e. The van der Waals surface area contributed by atoms with Gasteiger partial charge in [0, 0.05) is 17.3 Å². The molecule has 1 aromatic carbocycles. The Hall–Kier alpha value is -0.550. The standard InChI is InChI=1S/C17H25N2.HI/c1-4-13-14-9-5-6-10-15(14)18-17(13)16-11-7-8-12-19(16,2)3;/h5-6,9-10,16,18H,4,7-8,11-12H2,1-3H3;1H/q+1;/p-1. The molecule has 0 spiro atoms. The third kappa shape index (κ3) is 2.62. The van der Waals surface area contributed by atoms with Crippen LogP contribution in [0, 0.1) is 0 Å². The van der Waals surface area contributed by atoms with Crippen molar-refractivity contribution in [3.05, 3.63) is 35.5 Å². The molecule has 1 saturated heterocycles. The van der Waals surface area contributed by atoms with Crippen molar-refractivity contribution in [2.24, 2.45) is 0 Å². The number of benzene rings is 1. The van der Waals surface area contributed by atoms with Gasteiger partial charge >= 0.3 is 0 Å². The SMILES string of the molecule is CCc1c(C2CCCC[N+]2(C)C)[nH]c2ccccc12.[I-]. The van der Waals surface area contributed by atoms with Crippen molar-refractivity contribution in [2.45, 2.75) is 38.6 Å². The lowest BCUT2D eigenvalue weighted by Gasteiger charge is -2.41. The van der Waals surface area contributed by atoms with Gasteiger partial charge in [-0.3, -0.25) is 0 Å². The Morgan fingerprint density at radius 2 is 1.95 bits per heavy atom. The van der Waals surface area contributed by atoms with Crippen LogP contribution in [-0.2, 0) is 6.42 Å². The average molecular weight is 384 g/mol. The van der Waals surface area contributed by atoms with Gasteiger partial charge < -0.3 is 33.4 Å². The first-order valence-electron chi connectivity index (χ1n) is 7.55. The van der Waals surface area contributed by atoms with Gasteiger partial charge in [-0.25, -0.2) is 0 Å². The second-order valence-electron chi connectivity index (χ2n) is 6.43. The molecule has 1 atom stereocenters.